The van der Waals surface area contributed by atoms with Crippen molar-refractivity contribution in [3.8, 4) is 11.5 Å². The molecular formula is C22H27ClN2O4. The number of likely N-dealkylation sites (N-methyl/N-ethyl adjacent to an activating group) is 1. The Hall–Kier alpha value is -2.73. The van der Waals surface area contributed by atoms with Crippen molar-refractivity contribution < 1.29 is 19.1 Å². The highest BCUT2D eigenvalue weighted by atomic mass is 35.5. The molecule has 6 nitrogen and oxygen atoms in total. The molecule has 2 aromatic rings. The molecule has 0 aromatic heterocycles. The molecule has 0 unspecified atom stereocenters. The number of carbonyl (C=O) groups excluding carboxylic acids is 2. The Morgan fingerprint density at radius 3 is 2.52 bits per heavy atom. The van der Waals surface area contributed by atoms with Crippen LogP contribution in [0.2, 0.25) is 5.02 Å². The molecule has 0 heterocycles. The highest BCUT2D eigenvalue weighted by Gasteiger charge is 2.25. The summed E-state index contributed by atoms with van der Waals surface area (Å²) < 4.78 is 10.9. The topological polar surface area (TPSA) is 67.9 Å². The third kappa shape index (κ3) is 6.98. The Morgan fingerprint density at radius 2 is 1.86 bits per heavy atom. The van der Waals surface area contributed by atoms with Crippen molar-refractivity contribution in [3.63, 3.8) is 0 Å². The molecule has 156 valence electrons. The van der Waals surface area contributed by atoms with Crippen LogP contribution in [0.3, 0.4) is 0 Å². The molecule has 0 aliphatic heterocycles. The van der Waals surface area contributed by atoms with Crippen LogP contribution in [0.15, 0.2) is 48.5 Å². The summed E-state index contributed by atoms with van der Waals surface area (Å²) in [7, 11) is 3.16. The Kier molecular flexibility index (Phi) is 8.80. The van der Waals surface area contributed by atoms with Crippen LogP contribution in [-0.4, -0.2) is 43.5 Å². The lowest BCUT2D eigenvalue weighted by atomic mass is 10.1. The van der Waals surface area contributed by atoms with Crippen LogP contribution in [0.4, 0.5) is 0 Å². The van der Waals surface area contributed by atoms with Crippen molar-refractivity contribution >= 4 is 23.4 Å². The molecule has 0 spiro atoms. The van der Waals surface area contributed by atoms with Crippen LogP contribution in [0.25, 0.3) is 0 Å². The fourth-order valence-electron chi connectivity index (χ4n) is 2.85. The molecule has 29 heavy (non-hydrogen) atoms. The zero-order valence-corrected chi connectivity index (χ0v) is 17.7. The van der Waals surface area contributed by atoms with Gasteiger partial charge in [-0.2, -0.15) is 0 Å². The van der Waals surface area contributed by atoms with E-state index in [4.69, 9.17) is 21.1 Å². The Labute approximate surface area is 176 Å². The second kappa shape index (κ2) is 11.3. The molecule has 0 aliphatic carbocycles. The summed E-state index contributed by atoms with van der Waals surface area (Å²) in [5.41, 5.74) is 0.894. The highest BCUT2D eigenvalue weighted by Crippen LogP contribution is 2.18. The number of carbonyl (C=O) groups is 2. The van der Waals surface area contributed by atoms with Crippen molar-refractivity contribution in [3.05, 3.63) is 59.1 Å². The molecule has 0 fully saturated rings. The molecule has 1 N–H and O–H groups in total. The maximum absolute atomic E-state index is 12.9. The van der Waals surface area contributed by atoms with Crippen molar-refractivity contribution in [2.45, 2.75) is 32.4 Å². The monoisotopic (exact) mass is 418 g/mol. The molecule has 2 aromatic carbocycles. The van der Waals surface area contributed by atoms with Gasteiger partial charge in [-0.25, -0.2) is 0 Å². The molecule has 7 heteroatoms. The lowest BCUT2D eigenvalue weighted by Crippen LogP contribution is -2.46. The Bertz CT molecular complexity index is 811. The smallest absolute Gasteiger partial charge is 0.242 e. The number of hydrogen-bond acceptors (Lipinski definition) is 4. The van der Waals surface area contributed by atoms with Gasteiger partial charge in [0.05, 0.1) is 13.7 Å². The summed E-state index contributed by atoms with van der Waals surface area (Å²) in [6.45, 7) is 2.44. The summed E-state index contributed by atoms with van der Waals surface area (Å²) in [6.07, 6.45) is 0.815. The van der Waals surface area contributed by atoms with Gasteiger partial charge in [-0.3, -0.25) is 9.59 Å². The zero-order chi connectivity index (χ0) is 21.2. The first kappa shape index (κ1) is 22.6. The van der Waals surface area contributed by atoms with Gasteiger partial charge in [0.25, 0.3) is 0 Å². The average Bonchev–Trinajstić information content (AvgIpc) is 2.75. The predicted molar refractivity (Wildman–Crippen MR) is 113 cm³/mol. The summed E-state index contributed by atoms with van der Waals surface area (Å²) >= 11 is 5.86. The van der Waals surface area contributed by atoms with E-state index in [0.717, 1.165) is 5.56 Å². The van der Waals surface area contributed by atoms with Gasteiger partial charge in [-0.1, -0.05) is 23.7 Å². The third-order valence-electron chi connectivity index (χ3n) is 4.52. The molecule has 0 bridgehead atoms. The lowest BCUT2D eigenvalue weighted by Gasteiger charge is -2.28. The molecule has 0 radical (unpaired) electrons. The molecule has 2 rings (SSSR count). The maximum Gasteiger partial charge on any atom is 0.242 e. The second-order valence-corrected chi connectivity index (χ2v) is 7.01. The van der Waals surface area contributed by atoms with Gasteiger partial charge in [0.2, 0.25) is 11.8 Å². The Balaban J connectivity index is 1.97. The number of nitrogens with zero attached hydrogens (tertiary/aromatic N) is 1. The number of hydrogen-bond donors (Lipinski definition) is 1. The van der Waals surface area contributed by atoms with Crippen LogP contribution in [0.5, 0.6) is 11.5 Å². The average molecular weight is 419 g/mol. The van der Waals surface area contributed by atoms with Gasteiger partial charge in [-0.05, 0) is 55.3 Å². The van der Waals surface area contributed by atoms with Crippen molar-refractivity contribution in [2.75, 3.05) is 20.8 Å². The first-order chi connectivity index (χ1) is 13.9. The number of ether oxygens (including phenoxy) is 2. The molecule has 2 amide bonds. The number of benzene rings is 2. The molecule has 0 saturated carbocycles. The van der Waals surface area contributed by atoms with E-state index < -0.39 is 6.04 Å². The van der Waals surface area contributed by atoms with Crippen molar-refractivity contribution in [1.82, 2.24) is 10.2 Å². The van der Waals surface area contributed by atoms with E-state index >= 15 is 0 Å². The van der Waals surface area contributed by atoms with Crippen molar-refractivity contribution in [1.29, 1.82) is 0 Å². The van der Waals surface area contributed by atoms with E-state index in [1.807, 2.05) is 24.3 Å². The molecule has 1 atom stereocenters. The summed E-state index contributed by atoms with van der Waals surface area (Å²) in [5.74, 6) is 1.09. The van der Waals surface area contributed by atoms with E-state index in [0.29, 0.717) is 36.1 Å². The number of nitrogens with one attached hydrogen (secondary N) is 1. The molecular weight excluding hydrogens is 392 g/mol. The fraction of sp³-hybridized carbons (Fsp3) is 0.364. The standard InChI is InChI=1S/C22H27ClN2O4/c1-16(22(27)24-2)25(15-17-6-4-7-20(14-17)28-3)21(26)8-5-13-29-19-11-9-18(23)10-12-19/h4,6-7,9-12,14,16H,5,8,13,15H2,1-3H3,(H,24,27)/t16-/m1/s1. The maximum atomic E-state index is 12.9. The van der Waals surface area contributed by atoms with Crippen LogP contribution in [0, 0.1) is 0 Å². The quantitative estimate of drug-likeness (QED) is 0.598. The van der Waals surface area contributed by atoms with Crippen molar-refractivity contribution in [2.24, 2.45) is 0 Å². The number of halogens is 1. The minimum atomic E-state index is -0.587. The van der Waals surface area contributed by atoms with Crippen LogP contribution >= 0.6 is 11.6 Å². The molecule has 0 aliphatic rings. The van der Waals surface area contributed by atoms with Gasteiger partial charge >= 0.3 is 0 Å². The number of methoxy groups -OCH3 is 1. The number of rotatable bonds is 10. The first-order valence-corrected chi connectivity index (χ1v) is 9.84. The van der Waals surface area contributed by atoms with E-state index in [2.05, 4.69) is 5.32 Å². The summed E-state index contributed by atoms with van der Waals surface area (Å²) in [6, 6.07) is 14.0. The second-order valence-electron chi connectivity index (χ2n) is 6.57. The molecule has 0 saturated heterocycles. The minimum absolute atomic E-state index is 0.108. The van der Waals surface area contributed by atoms with Gasteiger partial charge in [-0.15, -0.1) is 0 Å². The van der Waals surface area contributed by atoms with Crippen LogP contribution in [-0.2, 0) is 16.1 Å². The zero-order valence-electron chi connectivity index (χ0n) is 17.0. The minimum Gasteiger partial charge on any atom is -0.497 e. The Morgan fingerprint density at radius 1 is 1.14 bits per heavy atom. The van der Waals surface area contributed by atoms with E-state index in [9.17, 15) is 9.59 Å². The normalized spacial score (nSPS) is 11.4. The SMILES string of the molecule is CNC(=O)[C@@H](C)N(Cc1cccc(OC)c1)C(=O)CCCOc1ccc(Cl)cc1. The summed E-state index contributed by atoms with van der Waals surface area (Å²) in [5, 5.41) is 3.25. The van der Waals surface area contributed by atoms with E-state index in [1.54, 1.807) is 50.2 Å². The first-order valence-electron chi connectivity index (χ1n) is 9.47. The van der Waals surface area contributed by atoms with Gasteiger partial charge in [0.15, 0.2) is 0 Å². The van der Waals surface area contributed by atoms with Gasteiger partial charge in [0, 0.05) is 25.0 Å². The lowest BCUT2D eigenvalue weighted by molar-refractivity contribution is -0.140. The fourth-order valence-corrected chi connectivity index (χ4v) is 2.97. The van der Waals surface area contributed by atoms with E-state index in [-0.39, 0.29) is 18.2 Å². The van der Waals surface area contributed by atoms with Gasteiger partial charge in [0.1, 0.15) is 17.5 Å². The summed E-state index contributed by atoms with van der Waals surface area (Å²) in [4.78, 5) is 26.6. The van der Waals surface area contributed by atoms with Crippen LogP contribution in [0.1, 0.15) is 25.3 Å². The van der Waals surface area contributed by atoms with Gasteiger partial charge < -0.3 is 19.7 Å². The number of amides is 2. The largest absolute Gasteiger partial charge is 0.497 e. The van der Waals surface area contributed by atoms with Crippen LogP contribution < -0.4 is 14.8 Å². The predicted octanol–water partition coefficient (Wildman–Crippen LogP) is 3.67. The van der Waals surface area contributed by atoms with E-state index in [1.165, 1.54) is 0 Å². The third-order valence-corrected chi connectivity index (χ3v) is 4.77. The highest BCUT2D eigenvalue weighted by molar-refractivity contribution is 6.30.